The van der Waals surface area contributed by atoms with Crippen molar-refractivity contribution in [3.63, 3.8) is 0 Å². The van der Waals surface area contributed by atoms with Crippen LogP contribution < -0.4 is 5.73 Å². The number of aliphatic carboxylic acids is 1. The van der Waals surface area contributed by atoms with Crippen LogP contribution in [0.3, 0.4) is 0 Å². The molecule has 110 valence electrons. The molecule has 2 rings (SSSR count). The normalized spacial score (nSPS) is 20.6. The van der Waals surface area contributed by atoms with Gasteiger partial charge in [0, 0.05) is 17.9 Å². The first-order valence-corrected chi connectivity index (χ1v) is 6.80. The van der Waals surface area contributed by atoms with Crippen LogP contribution in [0.15, 0.2) is 12.1 Å². The minimum atomic E-state index is -2.84. The Morgan fingerprint density at radius 2 is 1.75 bits per heavy atom. The monoisotopic (exact) mass is 323 g/mol. The Bertz CT molecular complexity index is 554. The van der Waals surface area contributed by atoms with Gasteiger partial charge in [-0.15, -0.1) is 0 Å². The molecule has 1 fully saturated rings. The fourth-order valence-electron chi connectivity index (χ4n) is 2.62. The Kier molecular flexibility index (Phi) is 3.86. The second-order valence-corrected chi connectivity index (χ2v) is 5.94. The van der Waals surface area contributed by atoms with Gasteiger partial charge >= 0.3 is 5.97 Å². The first-order chi connectivity index (χ1) is 9.18. The van der Waals surface area contributed by atoms with Gasteiger partial charge in [0.15, 0.2) is 0 Å². The lowest BCUT2D eigenvalue weighted by Crippen LogP contribution is -2.43. The van der Waals surface area contributed by atoms with Gasteiger partial charge in [0.1, 0.15) is 0 Å². The average Bonchev–Trinajstić information content (AvgIpc) is 2.34. The van der Waals surface area contributed by atoms with Crippen LogP contribution in [0.1, 0.15) is 31.2 Å². The molecule has 0 heterocycles. The molecule has 0 unspecified atom stereocenters. The minimum Gasteiger partial charge on any atom is -0.481 e. The van der Waals surface area contributed by atoms with E-state index < -0.39 is 30.1 Å². The van der Waals surface area contributed by atoms with Crippen molar-refractivity contribution in [3.8, 4) is 0 Å². The van der Waals surface area contributed by atoms with Gasteiger partial charge < -0.3 is 10.8 Å². The lowest BCUT2D eigenvalue weighted by Gasteiger charge is -2.37. The van der Waals surface area contributed by atoms with E-state index in [0.29, 0.717) is 0 Å². The summed E-state index contributed by atoms with van der Waals surface area (Å²) in [6.45, 7) is 0. The van der Waals surface area contributed by atoms with Crippen molar-refractivity contribution in [2.45, 2.75) is 37.0 Å². The van der Waals surface area contributed by atoms with Gasteiger partial charge in [-0.05, 0) is 30.5 Å². The number of halogens is 4. The van der Waals surface area contributed by atoms with Crippen molar-refractivity contribution in [2.24, 2.45) is 0 Å². The highest BCUT2D eigenvalue weighted by Crippen LogP contribution is 2.48. The Hall–Kier alpha value is -1.07. The van der Waals surface area contributed by atoms with Gasteiger partial charge in [-0.2, -0.15) is 0 Å². The van der Waals surface area contributed by atoms with Gasteiger partial charge in [-0.25, -0.2) is 8.78 Å². The van der Waals surface area contributed by atoms with Crippen molar-refractivity contribution in [1.82, 2.24) is 0 Å². The van der Waals surface area contributed by atoms with Gasteiger partial charge in [-0.3, -0.25) is 4.79 Å². The molecule has 0 aromatic heterocycles. The van der Waals surface area contributed by atoms with Crippen LogP contribution in [0.4, 0.5) is 14.5 Å². The predicted molar refractivity (Wildman–Crippen MR) is 73.6 cm³/mol. The lowest BCUT2D eigenvalue weighted by atomic mass is 9.68. The third-order valence-corrected chi connectivity index (χ3v) is 4.39. The first kappa shape index (κ1) is 15.3. The van der Waals surface area contributed by atoms with Gasteiger partial charge in [0.25, 0.3) is 0 Å². The molecule has 0 aliphatic heterocycles. The number of hydrogen-bond acceptors (Lipinski definition) is 2. The molecule has 0 atom stereocenters. The van der Waals surface area contributed by atoms with E-state index in [1.165, 1.54) is 12.1 Å². The number of rotatable bonds is 2. The first-order valence-electron chi connectivity index (χ1n) is 6.04. The standard InChI is InChI=1S/C13H13Cl2F2NO2/c14-7-5-8(10(18)9(15)6-7)12(11(19)20)1-3-13(16,17)4-2-12/h5-6H,1-4,18H2,(H,19,20). The highest BCUT2D eigenvalue weighted by atomic mass is 35.5. The van der Waals surface area contributed by atoms with E-state index in [1.807, 2.05) is 0 Å². The summed E-state index contributed by atoms with van der Waals surface area (Å²) in [5.74, 6) is -4.02. The number of carboxylic acid groups (broad SMARTS) is 1. The molecule has 1 saturated carbocycles. The van der Waals surface area contributed by atoms with Crippen molar-refractivity contribution in [2.75, 3.05) is 5.73 Å². The van der Waals surface area contributed by atoms with E-state index in [-0.39, 0.29) is 34.1 Å². The molecule has 0 bridgehead atoms. The summed E-state index contributed by atoms with van der Waals surface area (Å²) in [6.07, 6.45) is -1.39. The Morgan fingerprint density at radius 3 is 2.25 bits per heavy atom. The molecule has 3 nitrogen and oxygen atoms in total. The fourth-order valence-corrected chi connectivity index (χ4v) is 3.12. The van der Waals surface area contributed by atoms with Crippen LogP contribution in [-0.4, -0.2) is 17.0 Å². The third kappa shape index (κ3) is 2.56. The maximum Gasteiger partial charge on any atom is 0.314 e. The number of alkyl halides is 2. The van der Waals surface area contributed by atoms with E-state index in [1.54, 1.807) is 0 Å². The lowest BCUT2D eigenvalue weighted by molar-refractivity contribution is -0.149. The van der Waals surface area contributed by atoms with Crippen LogP contribution in [0, 0.1) is 0 Å². The number of anilines is 1. The summed E-state index contributed by atoms with van der Waals surface area (Å²) in [5, 5.41) is 9.90. The summed E-state index contributed by atoms with van der Waals surface area (Å²) in [4.78, 5) is 11.7. The fraction of sp³-hybridized carbons (Fsp3) is 0.462. The molecule has 3 N–H and O–H groups in total. The van der Waals surface area contributed by atoms with E-state index in [0.717, 1.165) is 0 Å². The third-order valence-electron chi connectivity index (χ3n) is 3.85. The van der Waals surface area contributed by atoms with Crippen molar-refractivity contribution in [3.05, 3.63) is 27.7 Å². The zero-order chi connectivity index (χ0) is 15.1. The molecule has 0 saturated heterocycles. The number of hydrogen-bond donors (Lipinski definition) is 2. The van der Waals surface area contributed by atoms with Crippen molar-refractivity contribution >= 4 is 34.9 Å². The van der Waals surface area contributed by atoms with Crippen LogP contribution >= 0.6 is 23.2 Å². The van der Waals surface area contributed by atoms with Crippen LogP contribution in [0.5, 0.6) is 0 Å². The zero-order valence-corrected chi connectivity index (χ0v) is 11.9. The van der Waals surface area contributed by atoms with Gasteiger partial charge in [0.05, 0.1) is 16.1 Å². The number of carboxylic acids is 1. The van der Waals surface area contributed by atoms with Crippen LogP contribution in [-0.2, 0) is 10.2 Å². The summed E-state index contributed by atoms with van der Waals surface area (Å²) in [7, 11) is 0. The molecule has 1 aliphatic rings. The summed E-state index contributed by atoms with van der Waals surface area (Å²) >= 11 is 11.8. The van der Waals surface area contributed by atoms with Crippen LogP contribution in [0.2, 0.25) is 10.0 Å². The van der Waals surface area contributed by atoms with Gasteiger partial charge in [0.2, 0.25) is 5.92 Å². The largest absolute Gasteiger partial charge is 0.481 e. The number of benzene rings is 1. The molecule has 0 spiro atoms. The SMILES string of the molecule is Nc1c(Cl)cc(Cl)cc1C1(C(=O)O)CCC(F)(F)CC1. The number of carbonyl (C=O) groups is 1. The minimum absolute atomic E-state index is 0.0867. The smallest absolute Gasteiger partial charge is 0.314 e. The average molecular weight is 324 g/mol. The van der Waals surface area contributed by atoms with E-state index in [4.69, 9.17) is 28.9 Å². The van der Waals surface area contributed by atoms with E-state index in [2.05, 4.69) is 0 Å². The molecule has 1 aromatic rings. The van der Waals surface area contributed by atoms with E-state index in [9.17, 15) is 18.7 Å². The maximum atomic E-state index is 13.3. The molecule has 1 aliphatic carbocycles. The second kappa shape index (κ2) is 5.04. The Labute approximate surface area is 124 Å². The molecule has 1 aromatic carbocycles. The Balaban J connectivity index is 2.53. The molecular formula is C13H13Cl2F2NO2. The summed E-state index contributed by atoms with van der Waals surface area (Å²) < 4.78 is 26.6. The maximum absolute atomic E-state index is 13.3. The van der Waals surface area contributed by atoms with Crippen molar-refractivity contribution in [1.29, 1.82) is 0 Å². The van der Waals surface area contributed by atoms with Crippen LogP contribution in [0.25, 0.3) is 0 Å². The van der Waals surface area contributed by atoms with Gasteiger partial charge in [-0.1, -0.05) is 23.2 Å². The van der Waals surface area contributed by atoms with Crippen molar-refractivity contribution < 1.29 is 18.7 Å². The zero-order valence-electron chi connectivity index (χ0n) is 10.4. The summed E-state index contributed by atoms with van der Waals surface area (Å²) in [6, 6.07) is 2.80. The highest BCUT2D eigenvalue weighted by molar-refractivity contribution is 6.36. The van der Waals surface area contributed by atoms with E-state index >= 15 is 0 Å². The number of nitrogens with two attached hydrogens (primary N) is 1. The second-order valence-electron chi connectivity index (χ2n) is 5.09. The topological polar surface area (TPSA) is 63.3 Å². The Morgan fingerprint density at radius 1 is 1.20 bits per heavy atom. The highest BCUT2D eigenvalue weighted by Gasteiger charge is 2.50. The molecule has 0 radical (unpaired) electrons. The predicted octanol–water partition coefficient (Wildman–Crippen LogP) is 4.11. The molecule has 20 heavy (non-hydrogen) atoms. The summed E-state index contributed by atoms with van der Waals surface area (Å²) in [5.41, 5.74) is 4.68. The molecule has 7 heteroatoms. The molecular weight excluding hydrogens is 311 g/mol. The number of nitrogen functional groups attached to an aromatic ring is 1. The molecule has 0 amide bonds. The quantitative estimate of drug-likeness (QED) is 0.805.